The summed E-state index contributed by atoms with van der Waals surface area (Å²) in [4.78, 5) is 33.2. The molecule has 0 unspecified atom stereocenters. The molecule has 2 aliphatic rings. The summed E-state index contributed by atoms with van der Waals surface area (Å²) >= 11 is 0. The van der Waals surface area contributed by atoms with Gasteiger partial charge in [0.25, 0.3) is 5.91 Å². The van der Waals surface area contributed by atoms with Crippen molar-refractivity contribution in [3.05, 3.63) is 65.5 Å². The fourth-order valence-corrected chi connectivity index (χ4v) is 3.96. The Morgan fingerprint density at radius 2 is 2.15 bits per heavy atom. The molecule has 0 aliphatic carbocycles. The highest BCUT2D eigenvalue weighted by molar-refractivity contribution is 5.96. The third-order valence-corrected chi connectivity index (χ3v) is 5.19. The highest BCUT2D eigenvalue weighted by Crippen LogP contribution is 2.34. The Labute approximate surface area is 151 Å². The molecule has 1 aromatic carbocycles. The second-order valence-electron chi connectivity index (χ2n) is 6.70. The van der Waals surface area contributed by atoms with Gasteiger partial charge in [0.2, 0.25) is 5.91 Å². The Balaban J connectivity index is 1.53. The third-order valence-electron chi connectivity index (χ3n) is 5.19. The molecule has 2 aromatic rings. The predicted molar refractivity (Wildman–Crippen MR) is 93.8 cm³/mol. The SMILES string of the molecule is N#Cc1cccc(C(=O)N2CC[C@@H]3[C@@H]2CC(=O)N3Cc2cccnc2)c1. The number of pyridine rings is 1. The average molecular weight is 346 g/mol. The lowest BCUT2D eigenvalue weighted by Gasteiger charge is -2.25. The lowest BCUT2D eigenvalue weighted by Crippen LogP contribution is -2.39. The van der Waals surface area contributed by atoms with Crippen LogP contribution < -0.4 is 0 Å². The van der Waals surface area contributed by atoms with Crippen molar-refractivity contribution >= 4 is 11.8 Å². The van der Waals surface area contributed by atoms with Crippen molar-refractivity contribution in [2.45, 2.75) is 31.5 Å². The van der Waals surface area contributed by atoms with Crippen LogP contribution in [-0.4, -0.2) is 45.2 Å². The van der Waals surface area contributed by atoms with Gasteiger partial charge in [-0.15, -0.1) is 0 Å². The van der Waals surface area contributed by atoms with E-state index in [1.54, 1.807) is 41.6 Å². The Morgan fingerprint density at radius 1 is 1.27 bits per heavy atom. The maximum Gasteiger partial charge on any atom is 0.254 e. The van der Waals surface area contributed by atoms with E-state index in [0.29, 0.717) is 30.6 Å². The Morgan fingerprint density at radius 3 is 2.92 bits per heavy atom. The van der Waals surface area contributed by atoms with Gasteiger partial charge in [0.15, 0.2) is 0 Å². The summed E-state index contributed by atoms with van der Waals surface area (Å²) in [6.45, 7) is 1.15. The summed E-state index contributed by atoms with van der Waals surface area (Å²) < 4.78 is 0. The van der Waals surface area contributed by atoms with E-state index in [-0.39, 0.29) is 23.9 Å². The largest absolute Gasteiger partial charge is 0.333 e. The number of benzene rings is 1. The van der Waals surface area contributed by atoms with Crippen LogP contribution in [0.1, 0.15) is 34.3 Å². The molecule has 2 aliphatic heterocycles. The molecule has 0 N–H and O–H groups in total. The monoisotopic (exact) mass is 346 g/mol. The summed E-state index contributed by atoms with van der Waals surface area (Å²) in [5, 5.41) is 9.04. The van der Waals surface area contributed by atoms with Crippen molar-refractivity contribution in [2.24, 2.45) is 0 Å². The van der Waals surface area contributed by atoms with Crippen molar-refractivity contribution in [3.8, 4) is 6.07 Å². The first kappa shape index (κ1) is 16.3. The van der Waals surface area contributed by atoms with Gasteiger partial charge in [-0.05, 0) is 36.2 Å². The number of hydrogen-bond acceptors (Lipinski definition) is 4. The van der Waals surface area contributed by atoms with Crippen LogP contribution in [-0.2, 0) is 11.3 Å². The molecule has 6 nitrogen and oxygen atoms in total. The minimum Gasteiger partial charge on any atom is -0.333 e. The smallest absolute Gasteiger partial charge is 0.254 e. The van der Waals surface area contributed by atoms with E-state index in [1.807, 2.05) is 17.0 Å². The summed E-state index contributed by atoms with van der Waals surface area (Å²) in [5.41, 5.74) is 1.96. The standard InChI is InChI=1S/C20H18N4O2/c21-11-14-3-1-5-16(9-14)20(26)23-8-6-17-18(23)10-19(25)24(17)13-15-4-2-7-22-12-15/h1-5,7,9,12,17-18H,6,8,10,13H2/t17-,18+/m1/s1. The van der Waals surface area contributed by atoms with Gasteiger partial charge >= 0.3 is 0 Å². The topological polar surface area (TPSA) is 77.3 Å². The van der Waals surface area contributed by atoms with Gasteiger partial charge in [-0.1, -0.05) is 12.1 Å². The molecule has 2 atom stereocenters. The zero-order chi connectivity index (χ0) is 18.1. The van der Waals surface area contributed by atoms with Gasteiger partial charge in [0.1, 0.15) is 0 Å². The van der Waals surface area contributed by atoms with Gasteiger partial charge in [-0.2, -0.15) is 5.26 Å². The fraction of sp³-hybridized carbons (Fsp3) is 0.300. The van der Waals surface area contributed by atoms with Gasteiger partial charge < -0.3 is 9.80 Å². The number of carbonyl (C=O) groups excluding carboxylic acids is 2. The molecule has 6 heteroatoms. The van der Waals surface area contributed by atoms with Crippen LogP contribution in [0.3, 0.4) is 0 Å². The van der Waals surface area contributed by atoms with Crippen LogP contribution in [0.25, 0.3) is 0 Å². The fourth-order valence-electron chi connectivity index (χ4n) is 3.96. The molecule has 2 amide bonds. The van der Waals surface area contributed by atoms with Crippen LogP contribution in [0.15, 0.2) is 48.8 Å². The van der Waals surface area contributed by atoms with Crippen LogP contribution in [0.2, 0.25) is 0 Å². The first-order valence-electron chi connectivity index (χ1n) is 8.67. The summed E-state index contributed by atoms with van der Waals surface area (Å²) in [6.07, 6.45) is 4.62. The Hall–Kier alpha value is -3.20. The third kappa shape index (κ3) is 2.82. The number of hydrogen-bond donors (Lipinski definition) is 0. The van der Waals surface area contributed by atoms with Crippen molar-refractivity contribution in [3.63, 3.8) is 0 Å². The molecule has 0 radical (unpaired) electrons. The summed E-state index contributed by atoms with van der Waals surface area (Å²) in [7, 11) is 0. The van der Waals surface area contributed by atoms with Gasteiger partial charge in [-0.3, -0.25) is 14.6 Å². The first-order chi connectivity index (χ1) is 12.7. The van der Waals surface area contributed by atoms with E-state index in [1.165, 1.54) is 0 Å². The lowest BCUT2D eigenvalue weighted by molar-refractivity contribution is -0.129. The minimum atomic E-state index is -0.106. The zero-order valence-electron chi connectivity index (χ0n) is 14.2. The molecule has 0 bridgehead atoms. The Kier molecular flexibility index (Phi) is 4.13. The molecular formula is C20H18N4O2. The van der Waals surface area contributed by atoms with Gasteiger partial charge in [-0.25, -0.2) is 0 Å². The maximum absolute atomic E-state index is 12.9. The van der Waals surface area contributed by atoms with E-state index in [9.17, 15) is 9.59 Å². The normalized spacial score (nSPS) is 21.6. The van der Waals surface area contributed by atoms with Crippen LogP contribution >= 0.6 is 0 Å². The number of nitriles is 1. The lowest BCUT2D eigenvalue weighted by atomic mass is 10.1. The van der Waals surface area contributed by atoms with Crippen molar-refractivity contribution in [1.82, 2.24) is 14.8 Å². The predicted octanol–water partition coefficient (Wildman–Crippen LogP) is 1.97. The molecular weight excluding hydrogens is 328 g/mol. The number of carbonyl (C=O) groups is 2. The van der Waals surface area contributed by atoms with Crippen LogP contribution in [0.5, 0.6) is 0 Å². The van der Waals surface area contributed by atoms with E-state index in [2.05, 4.69) is 11.1 Å². The van der Waals surface area contributed by atoms with Crippen LogP contribution in [0, 0.1) is 11.3 Å². The highest BCUT2D eigenvalue weighted by atomic mass is 16.2. The second kappa shape index (κ2) is 6.60. The second-order valence-corrected chi connectivity index (χ2v) is 6.70. The number of likely N-dealkylation sites (tertiary alicyclic amines) is 2. The number of aromatic nitrogens is 1. The van der Waals surface area contributed by atoms with E-state index in [0.717, 1.165) is 12.0 Å². The number of rotatable bonds is 3. The molecule has 3 heterocycles. The van der Waals surface area contributed by atoms with Gasteiger partial charge in [0.05, 0.1) is 23.7 Å². The average Bonchev–Trinajstić information content (AvgIpc) is 3.22. The maximum atomic E-state index is 12.9. The number of amides is 2. The van der Waals surface area contributed by atoms with Crippen molar-refractivity contribution in [1.29, 1.82) is 5.26 Å². The molecule has 2 saturated heterocycles. The summed E-state index contributed by atoms with van der Waals surface area (Å²) in [5.74, 6) is -0.0299. The van der Waals surface area contributed by atoms with Gasteiger partial charge in [0, 0.05) is 37.5 Å². The Bertz CT molecular complexity index is 890. The molecule has 26 heavy (non-hydrogen) atoms. The van der Waals surface area contributed by atoms with E-state index >= 15 is 0 Å². The van der Waals surface area contributed by atoms with E-state index in [4.69, 9.17) is 5.26 Å². The molecule has 0 spiro atoms. The molecule has 130 valence electrons. The number of nitrogens with zero attached hydrogens (tertiary/aromatic N) is 4. The zero-order valence-corrected chi connectivity index (χ0v) is 14.2. The quantitative estimate of drug-likeness (QED) is 0.851. The van der Waals surface area contributed by atoms with Crippen molar-refractivity contribution < 1.29 is 9.59 Å². The number of fused-ring (bicyclic) bond motifs is 1. The van der Waals surface area contributed by atoms with Crippen molar-refractivity contribution in [2.75, 3.05) is 6.54 Å². The molecule has 1 aromatic heterocycles. The highest BCUT2D eigenvalue weighted by Gasteiger charge is 2.48. The molecule has 2 fully saturated rings. The molecule has 4 rings (SSSR count). The minimum absolute atomic E-state index is 0.0470. The molecule has 0 saturated carbocycles. The first-order valence-corrected chi connectivity index (χ1v) is 8.67. The summed E-state index contributed by atoms with van der Waals surface area (Å²) in [6, 6.07) is 12.6. The van der Waals surface area contributed by atoms with E-state index < -0.39 is 0 Å². The van der Waals surface area contributed by atoms with Crippen LogP contribution in [0.4, 0.5) is 0 Å².